The van der Waals surface area contributed by atoms with Gasteiger partial charge in [-0.2, -0.15) is 0 Å². The van der Waals surface area contributed by atoms with Crippen LogP contribution in [0, 0.1) is 0 Å². The van der Waals surface area contributed by atoms with Crippen molar-refractivity contribution in [3.05, 3.63) is 86.9 Å². The van der Waals surface area contributed by atoms with Crippen LogP contribution in [-0.2, 0) is 13.6 Å². The molecule has 174 valence electrons. The first-order valence-electron chi connectivity index (χ1n) is 11.5. The van der Waals surface area contributed by atoms with Crippen molar-refractivity contribution < 1.29 is 0 Å². The van der Waals surface area contributed by atoms with Crippen LogP contribution < -0.4 is 5.56 Å². The summed E-state index contributed by atoms with van der Waals surface area (Å²) in [7, 11) is 2.12. The molecule has 4 heterocycles. The monoisotopic (exact) mass is 490 g/mol. The summed E-state index contributed by atoms with van der Waals surface area (Å²) in [5.74, 6) is 0. The summed E-state index contributed by atoms with van der Waals surface area (Å²) in [6.45, 7) is 5.23. The third kappa shape index (κ3) is 4.53. The molecule has 1 aliphatic rings. The molecule has 0 amide bonds. The van der Waals surface area contributed by atoms with Crippen LogP contribution >= 0.6 is 22.9 Å². The maximum atomic E-state index is 13.3. The Morgan fingerprint density at radius 2 is 2.03 bits per heavy atom. The highest BCUT2D eigenvalue weighted by molar-refractivity contribution is 7.19. The molecule has 5 rings (SSSR count). The fourth-order valence-corrected chi connectivity index (χ4v) is 5.67. The predicted octanol–water partition coefficient (Wildman–Crippen LogP) is 6.25. The van der Waals surface area contributed by atoms with Gasteiger partial charge in [0.05, 0.1) is 11.2 Å². The lowest BCUT2D eigenvalue weighted by Crippen LogP contribution is -2.19. The molecule has 1 saturated heterocycles. The Kier molecular flexibility index (Phi) is 6.55. The zero-order valence-electron chi connectivity index (χ0n) is 19.4. The Morgan fingerprint density at radius 1 is 1.21 bits per heavy atom. The second-order valence-electron chi connectivity index (χ2n) is 8.61. The lowest BCUT2D eigenvalue weighted by atomic mass is 10.2. The summed E-state index contributed by atoms with van der Waals surface area (Å²) < 4.78 is 4.55. The quantitative estimate of drug-likeness (QED) is 0.300. The average Bonchev–Trinajstić information content (AvgIpc) is 3.55. The number of aromatic nitrogens is 3. The number of fused-ring (bicyclic) bond motifs is 2. The van der Waals surface area contributed by atoms with Crippen LogP contribution in [0.1, 0.15) is 30.3 Å². The number of aryl methyl sites for hydroxylation is 1. The standard InChI is InChI=1S/C27H27ClN4OS/c1-3-7-20(28)8-6-9-23-16-24-26(34-23)27(33)32(18-29-24)21-10-11-25-19(14-21)15-22(30(25)2)17-31-12-4-5-13-31/h3,6-11,14-16,18H,4-5,12-13,17H2,1-2H3/b7-3-,9-6+,20-8+. The highest BCUT2D eigenvalue weighted by Gasteiger charge is 2.16. The molecule has 0 N–H and O–H groups in total. The minimum Gasteiger partial charge on any atom is -0.346 e. The van der Waals surface area contributed by atoms with Gasteiger partial charge in [-0.1, -0.05) is 23.8 Å². The van der Waals surface area contributed by atoms with Gasteiger partial charge in [-0.15, -0.1) is 11.3 Å². The number of likely N-dealkylation sites (tertiary alicyclic amines) is 1. The highest BCUT2D eigenvalue weighted by atomic mass is 35.5. The number of hydrogen-bond donors (Lipinski definition) is 0. The predicted molar refractivity (Wildman–Crippen MR) is 144 cm³/mol. The molecule has 0 spiro atoms. The Labute approximate surface area is 207 Å². The summed E-state index contributed by atoms with van der Waals surface area (Å²) in [6.07, 6.45) is 13.6. The van der Waals surface area contributed by atoms with Gasteiger partial charge in [0.15, 0.2) is 0 Å². The first-order valence-corrected chi connectivity index (χ1v) is 12.7. The molecule has 0 saturated carbocycles. The molecule has 0 unspecified atom stereocenters. The highest BCUT2D eigenvalue weighted by Crippen LogP contribution is 2.26. The number of benzene rings is 1. The minimum absolute atomic E-state index is 0.0512. The second-order valence-corrected chi connectivity index (χ2v) is 10.1. The Morgan fingerprint density at radius 3 is 2.82 bits per heavy atom. The third-order valence-electron chi connectivity index (χ3n) is 6.29. The van der Waals surface area contributed by atoms with Crippen LogP contribution in [0.5, 0.6) is 0 Å². The van der Waals surface area contributed by atoms with E-state index in [0.29, 0.717) is 15.2 Å². The van der Waals surface area contributed by atoms with Crippen molar-refractivity contribution in [3.8, 4) is 5.69 Å². The molecule has 7 heteroatoms. The number of thiophene rings is 1. The topological polar surface area (TPSA) is 43.1 Å². The van der Waals surface area contributed by atoms with E-state index in [1.807, 2.05) is 49.4 Å². The van der Waals surface area contributed by atoms with E-state index < -0.39 is 0 Å². The van der Waals surface area contributed by atoms with Gasteiger partial charge in [0.2, 0.25) is 0 Å². The largest absolute Gasteiger partial charge is 0.346 e. The van der Waals surface area contributed by atoms with Crippen molar-refractivity contribution in [1.29, 1.82) is 0 Å². The molecular formula is C27H27ClN4OS. The first-order chi connectivity index (χ1) is 16.5. The molecule has 0 atom stereocenters. The van der Waals surface area contributed by atoms with Crippen molar-refractivity contribution in [2.24, 2.45) is 7.05 Å². The van der Waals surface area contributed by atoms with Crippen LogP contribution in [0.3, 0.4) is 0 Å². The summed E-state index contributed by atoms with van der Waals surface area (Å²) in [5.41, 5.74) is 3.96. The molecule has 1 aliphatic heterocycles. The van der Waals surface area contributed by atoms with E-state index in [2.05, 4.69) is 39.7 Å². The zero-order chi connectivity index (χ0) is 23.7. The van der Waals surface area contributed by atoms with Gasteiger partial charge in [0, 0.05) is 40.1 Å². The molecular weight excluding hydrogens is 464 g/mol. The fourth-order valence-electron chi connectivity index (χ4n) is 4.51. The van der Waals surface area contributed by atoms with Crippen LogP contribution in [0.25, 0.3) is 32.9 Å². The van der Waals surface area contributed by atoms with Gasteiger partial charge in [-0.05, 0) is 81.4 Å². The summed E-state index contributed by atoms with van der Waals surface area (Å²) in [5, 5.41) is 1.79. The number of halogens is 1. The lowest BCUT2D eigenvalue weighted by Gasteiger charge is -2.15. The van der Waals surface area contributed by atoms with Crippen LogP contribution in [0.4, 0.5) is 0 Å². The normalized spacial score (nSPS) is 15.7. The molecule has 0 bridgehead atoms. The average molecular weight is 491 g/mol. The van der Waals surface area contributed by atoms with Gasteiger partial charge in [-0.3, -0.25) is 14.3 Å². The molecule has 3 aromatic heterocycles. The molecule has 0 aliphatic carbocycles. The second kappa shape index (κ2) is 9.74. The fraction of sp³-hybridized carbons (Fsp3) is 0.259. The Balaban J connectivity index is 1.46. The van der Waals surface area contributed by atoms with Crippen molar-refractivity contribution in [1.82, 2.24) is 19.0 Å². The van der Waals surface area contributed by atoms with E-state index in [1.54, 1.807) is 10.9 Å². The zero-order valence-corrected chi connectivity index (χ0v) is 20.9. The maximum Gasteiger partial charge on any atom is 0.275 e. The van der Waals surface area contributed by atoms with Gasteiger partial charge >= 0.3 is 0 Å². The molecule has 4 aromatic rings. The van der Waals surface area contributed by atoms with Gasteiger partial charge in [0.25, 0.3) is 5.56 Å². The van der Waals surface area contributed by atoms with Crippen LogP contribution in [0.15, 0.2) is 70.8 Å². The number of nitrogens with zero attached hydrogens (tertiary/aromatic N) is 4. The minimum atomic E-state index is -0.0512. The van der Waals surface area contributed by atoms with Crippen molar-refractivity contribution in [2.45, 2.75) is 26.3 Å². The van der Waals surface area contributed by atoms with Gasteiger partial charge < -0.3 is 4.57 Å². The van der Waals surface area contributed by atoms with Crippen LogP contribution in [0.2, 0.25) is 0 Å². The molecule has 1 aromatic carbocycles. The van der Waals surface area contributed by atoms with E-state index in [1.165, 1.54) is 48.5 Å². The van der Waals surface area contributed by atoms with E-state index in [9.17, 15) is 4.79 Å². The third-order valence-corrected chi connectivity index (χ3v) is 7.62. The Bertz CT molecular complexity index is 1500. The molecule has 5 nitrogen and oxygen atoms in total. The van der Waals surface area contributed by atoms with Crippen molar-refractivity contribution in [3.63, 3.8) is 0 Å². The van der Waals surface area contributed by atoms with E-state index in [-0.39, 0.29) is 5.56 Å². The summed E-state index contributed by atoms with van der Waals surface area (Å²) in [4.78, 5) is 21.3. The van der Waals surface area contributed by atoms with E-state index >= 15 is 0 Å². The number of rotatable bonds is 6. The number of allylic oxidation sites excluding steroid dienone is 5. The number of hydrogen-bond acceptors (Lipinski definition) is 4. The molecule has 1 fully saturated rings. The van der Waals surface area contributed by atoms with Gasteiger partial charge in [0.1, 0.15) is 11.0 Å². The van der Waals surface area contributed by atoms with E-state index in [4.69, 9.17) is 11.6 Å². The maximum absolute atomic E-state index is 13.3. The first kappa shape index (κ1) is 22.8. The molecule has 34 heavy (non-hydrogen) atoms. The van der Waals surface area contributed by atoms with Crippen LogP contribution in [-0.4, -0.2) is 32.1 Å². The lowest BCUT2D eigenvalue weighted by molar-refractivity contribution is 0.324. The molecule has 0 radical (unpaired) electrons. The van der Waals surface area contributed by atoms with Crippen molar-refractivity contribution in [2.75, 3.05) is 13.1 Å². The summed E-state index contributed by atoms with van der Waals surface area (Å²) in [6, 6.07) is 10.4. The van der Waals surface area contributed by atoms with Crippen molar-refractivity contribution >= 4 is 50.1 Å². The smallest absolute Gasteiger partial charge is 0.275 e. The van der Waals surface area contributed by atoms with E-state index in [0.717, 1.165) is 22.5 Å². The van der Waals surface area contributed by atoms with Gasteiger partial charge in [-0.25, -0.2) is 4.98 Å². The Hall–Kier alpha value is -2.93. The SMILES string of the molecule is C\C=C/C(Cl)=C\C=C\c1cc2ncn(-c3ccc4c(c3)cc(CN3CCCC3)n4C)c(=O)c2s1. The summed E-state index contributed by atoms with van der Waals surface area (Å²) >= 11 is 7.53.